The smallest absolute Gasteiger partial charge is 0.119 e. The highest BCUT2D eigenvalue weighted by Gasteiger charge is 1.94. The van der Waals surface area contributed by atoms with Gasteiger partial charge in [0.15, 0.2) is 0 Å². The van der Waals surface area contributed by atoms with E-state index in [1.807, 2.05) is 48.5 Å². The van der Waals surface area contributed by atoms with E-state index in [0.29, 0.717) is 0 Å². The first-order valence-electron chi connectivity index (χ1n) is 10.2. The van der Waals surface area contributed by atoms with Crippen molar-refractivity contribution in [3.8, 4) is 29.4 Å². The molecular weight excluding hydrogens is 328 g/mol. The third kappa shape index (κ3) is 8.52. The van der Waals surface area contributed by atoms with Crippen molar-refractivity contribution in [2.45, 2.75) is 58.8 Å². The molecule has 1 heteroatoms. The van der Waals surface area contributed by atoms with Crippen LogP contribution in [0.2, 0.25) is 0 Å². The minimum atomic E-state index is 0.773. The molecule has 0 N–H and O–H groups in total. The lowest BCUT2D eigenvalue weighted by Gasteiger charge is -2.04. The summed E-state index contributed by atoms with van der Waals surface area (Å²) < 4.78 is 5.68. The number of benzene rings is 2. The lowest BCUT2D eigenvalue weighted by atomic mass is 10.1. The number of unbranched alkanes of at least 4 members (excludes halogenated alkanes) is 5. The monoisotopic (exact) mass is 358 g/mol. The van der Waals surface area contributed by atoms with Crippen molar-refractivity contribution in [2.24, 2.45) is 0 Å². The van der Waals surface area contributed by atoms with Crippen LogP contribution < -0.4 is 4.74 Å². The van der Waals surface area contributed by atoms with Crippen LogP contribution in [0.1, 0.15) is 75.5 Å². The van der Waals surface area contributed by atoms with Crippen molar-refractivity contribution in [3.63, 3.8) is 0 Å². The fraction of sp³-hybridized carbons (Fsp3) is 0.385. The molecule has 0 aliphatic heterocycles. The molecule has 2 rings (SSSR count). The van der Waals surface area contributed by atoms with Crippen LogP contribution in [0.4, 0.5) is 0 Å². The van der Waals surface area contributed by atoms with Gasteiger partial charge in [-0.15, -0.1) is 0 Å². The molecule has 2 aromatic rings. The number of hydrogen-bond acceptors (Lipinski definition) is 1. The Kier molecular flexibility index (Phi) is 9.70. The van der Waals surface area contributed by atoms with Gasteiger partial charge in [-0.05, 0) is 61.4 Å². The zero-order chi connectivity index (χ0) is 19.2. The van der Waals surface area contributed by atoms with Crippen LogP contribution in [0.5, 0.6) is 5.75 Å². The zero-order valence-electron chi connectivity index (χ0n) is 16.7. The summed E-state index contributed by atoms with van der Waals surface area (Å²) >= 11 is 0. The first kappa shape index (κ1) is 20.7. The third-order valence-corrected chi connectivity index (χ3v) is 4.25. The Labute approximate surface area is 165 Å². The van der Waals surface area contributed by atoms with E-state index in [2.05, 4.69) is 37.5 Å². The summed E-state index contributed by atoms with van der Waals surface area (Å²) in [4.78, 5) is 0. The second kappa shape index (κ2) is 12.7. The maximum absolute atomic E-state index is 5.68. The lowest BCUT2D eigenvalue weighted by Crippen LogP contribution is -1.95. The van der Waals surface area contributed by atoms with E-state index in [4.69, 9.17) is 4.74 Å². The molecule has 0 spiro atoms. The van der Waals surface area contributed by atoms with Gasteiger partial charge in [0.2, 0.25) is 0 Å². The average Bonchev–Trinajstić information content (AvgIpc) is 2.71. The molecule has 0 fully saturated rings. The van der Waals surface area contributed by atoms with Gasteiger partial charge in [-0.1, -0.05) is 63.2 Å². The molecule has 1 nitrogen and oxygen atoms in total. The van der Waals surface area contributed by atoms with E-state index in [1.54, 1.807) is 0 Å². The maximum Gasteiger partial charge on any atom is 0.119 e. The van der Waals surface area contributed by atoms with Gasteiger partial charge in [0.05, 0.1) is 6.61 Å². The SMILES string of the molecule is CCCCCCC#Cc1ccc(C#Cc2ccc(OCCCC)cc2)cc1. The van der Waals surface area contributed by atoms with Crippen LogP contribution >= 0.6 is 0 Å². The second-order valence-corrected chi connectivity index (χ2v) is 6.67. The summed E-state index contributed by atoms with van der Waals surface area (Å²) in [6.07, 6.45) is 8.28. The fourth-order valence-corrected chi connectivity index (χ4v) is 2.55. The molecule has 2 aromatic carbocycles. The van der Waals surface area contributed by atoms with E-state index in [-0.39, 0.29) is 0 Å². The summed E-state index contributed by atoms with van der Waals surface area (Å²) in [6.45, 7) is 5.17. The first-order chi connectivity index (χ1) is 13.3. The normalized spacial score (nSPS) is 9.70. The fourth-order valence-electron chi connectivity index (χ4n) is 2.55. The molecule has 140 valence electrons. The van der Waals surface area contributed by atoms with E-state index >= 15 is 0 Å². The zero-order valence-corrected chi connectivity index (χ0v) is 16.7. The van der Waals surface area contributed by atoms with Gasteiger partial charge >= 0.3 is 0 Å². The quantitative estimate of drug-likeness (QED) is 0.382. The first-order valence-corrected chi connectivity index (χ1v) is 10.2. The van der Waals surface area contributed by atoms with Crippen molar-refractivity contribution in [3.05, 3.63) is 65.2 Å². The van der Waals surface area contributed by atoms with Crippen LogP contribution in [0, 0.1) is 23.7 Å². The highest BCUT2D eigenvalue weighted by Crippen LogP contribution is 2.12. The Morgan fingerprint density at radius 3 is 1.78 bits per heavy atom. The van der Waals surface area contributed by atoms with E-state index in [0.717, 1.165) is 48.3 Å². The molecule has 0 amide bonds. The van der Waals surface area contributed by atoms with Crippen molar-refractivity contribution in [1.82, 2.24) is 0 Å². The number of ether oxygens (including phenoxy) is 1. The Balaban J connectivity index is 1.85. The Bertz CT molecular complexity index is 777. The highest BCUT2D eigenvalue weighted by molar-refractivity contribution is 5.46. The molecule has 27 heavy (non-hydrogen) atoms. The Morgan fingerprint density at radius 2 is 1.19 bits per heavy atom. The van der Waals surface area contributed by atoms with Gasteiger partial charge in [-0.2, -0.15) is 0 Å². The second-order valence-electron chi connectivity index (χ2n) is 6.67. The van der Waals surface area contributed by atoms with Gasteiger partial charge in [-0.25, -0.2) is 0 Å². The van der Waals surface area contributed by atoms with E-state index in [9.17, 15) is 0 Å². The summed E-state index contributed by atoms with van der Waals surface area (Å²) in [5.41, 5.74) is 3.06. The van der Waals surface area contributed by atoms with Crippen LogP contribution in [-0.4, -0.2) is 6.61 Å². The van der Waals surface area contributed by atoms with Gasteiger partial charge in [0.25, 0.3) is 0 Å². The van der Waals surface area contributed by atoms with Crippen LogP contribution in [0.3, 0.4) is 0 Å². The Hall–Kier alpha value is -2.64. The lowest BCUT2D eigenvalue weighted by molar-refractivity contribution is 0.309. The molecule has 0 aliphatic carbocycles. The molecule has 0 unspecified atom stereocenters. The summed E-state index contributed by atoms with van der Waals surface area (Å²) in [5.74, 6) is 13.8. The topological polar surface area (TPSA) is 9.23 Å². The standard InChI is InChI=1S/C26H30O/c1-3-5-7-8-9-10-11-23-12-14-24(15-13-23)16-17-25-18-20-26(21-19-25)27-22-6-4-2/h12-15,18-21H,3-9,22H2,1-2H3. The largest absolute Gasteiger partial charge is 0.494 e. The van der Waals surface area contributed by atoms with Crippen LogP contribution in [-0.2, 0) is 0 Å². The average molecular weight is 359 g/mol. The molecule has 0 saturated heterocycles. The van der Waals surface area contributed by atoms with Crippen LogP contribution in [0.25, 0.3) is 0 Å². The predicted octanol–water partition coefficient (Wildman–Crippen LogP) is 6.59. The molecule has 0 bridgehead atoms. The van der Waals surface area contributed by atoms with Gasteiger partial charge in [0.1, 0.15) is 5.75 Å². The summed E-state index contributed by atoms with van der Waals surface area (Å²) in [5, 5.41) is 0. The minimum Gasteiger partial charge on any atom is -0.494 e. The number of rotatable bonds is 8. The Morgan fingerprint density at radius 1 is 0.630 bits per heavy atom. The molecule has 0 aromatic heterocycles. The van der Waals surface area contributed by atoms with Gasteiger partial charge < -0.3 is 4.74 Å². The molecule has 0 heterocycles. The van der Waals surface area contributed by atoms with Crippen molar-refractivity contribution in [2.75, 3.05) is 6.61 Å². The van der Waals surface area contributed by atoms with Gasteiger partial charge in [0, 0.05) is 23.1 Å². The maximum atomic E-state index is 5.68. The van der Waals surface area contributed by atoms with Crippen molar-refractivity contribution < 1.29 is 4.74 Å². The summed E-state index contributed by atoms with van der Waals surface area (Å²) in [7, 11) is 0. The third-order valence-electron chi connectivity index (χ3n) is 4.25. The molecular formula is C26H30O. The predicted molar refractivity (Wildman–Crippen MR) is 115 cm³/mol. The van der Waals surface area contributed by atoms with Gasteiger partial charge in [-0.3, -0.25) is 0 Å². The summed E-state index contributed by atoms with van der Waals surface area (Å²) in [6, 6.07) is 16.2. The van der Waals surface area contributed by atoms with E-state index in [1.165, 1.54) is 25.7 Å². The minimum absolute atomic E-state index is 0.773. The van der Waals surface area contributed by atoms with Crippen LogP contribution in [0.15, 0.2) is 48.5 Å². The molecule has 0 radical (unpaired) electrons. The molecule has 0 aliphatic rings. The molecule has 0 atom stereocenters. The molecule has 0 saturated carbocycles. The van der Waals surface area contributed by atoms with Crippen molar-refractivity contribution in [1.29, 1.82) is 0 Å². The van der Waals surface area contributed by atoms with Crippen molar-refractivity contribution >= 4 is 0 Å². The highest BCUT2D eigenvalue weighted by atomic mass is 16.5. The number of hydrogen-bond donors (Lipinski definition) is 0. The van der Waals surface area contributed by atoms with E-state index < -0.39 is 0 Å².